The molecule has 1 aliphatic rings. The number of carbonyl (C=O) groups is 1. The van der Waals surface area contributed by atoms with Gasteiger partial charge in [0.25, 0.3) is 0 Å². The van der Waals surface area contributed by atoms with Crippen LogP contribution in [0.3, 0.4) is 0 Å². The van der Waals surface area contributed by atoms with E-state index in [-0.39, 0.29) is 11.8 Å². The van der Waals surface area contributed by atoms with E-state index in [0.717, 1.165) is 62.1 Å². The van der Waals surface area contributed by atoms with Gasteiger partial charge in [0.05, 0.1) is 7.11 Å². The van der Waals surface area contributed by atoms with Crippen LogP contribution in [0.5, 0.6) is 5.75 Å². The van der Waals surface area contributed by atoms with Gasteiger partial charge in [-0.05, 0) is 74.2 Å². The van der Waals surface area contributed by atoms with E-state index < -0.39 is 0 Å². The molecule has 1 aliphatic heterocycles. The standard InChI is InChI=1S/C23H29BrN2O2/c1-28-22-6-2-4-18(16-22)5-3-13-25-23(27)20-11-14-26(15-12-20)17-19-7-9-21(24)10-8-19/h2,4,6-10,16,20H,3,5,11-15,17H2,1H3,(H,25,27). The van der Waals surface area contributed by atoms with E-state index >= 15 is 0 Å². The fraction of sp³-hybridized carbons (Fsp3) is 0.435. The Morgan fingerprint density at radius 1 is 1.14 bits per heavy atom. The van der Waals surface area contributed by atoms with Crippen LogP contribution >= 0.6 is 15.9 Å². The fourth-order valence-electron chi connectivity index (χ4n) is 3.68. The van der Waals surface area contributed by atoms with Gasteiger partial charge in [0.2, 0.25) is 5.91 Å². The minimum Gasteiger partial charge on any atom is -0.497 e. The highest BCUT2D eigenvalue weighted by molar-refractivity contribution is 9.10. The number of benzene rings is 2. The van der Waals surface area contributed by atoms with Gasteiger partial charge in [0.15, 0.2) is 0 Å². The van der Waals surface area contributed by atoms with Gasteiger partial charge in [-0.15, -0.1) is 0 Å². The minimum atomic E-state index is 0.151. The Bertz CT molecular complexity index is 755. The van der Waals surface area contributed by atoms with Gasteiger partial charge < -0.3 is 10.1 Å². The summed E-state index contributed by atoms with van der Waals surface area (Å²) in [5, 5.41) is 3.13. The summed E-state index contributed by atoms with van der Waals surface area (Å²) in [7, 11) is 1.68. The average molecular weight is 445 g/mol. The largest absolute Gasteiger partial charge is 0.497 e. The Hall–Kier alpha value is -1.85. The molecule has 1 N–H and O–H groups in total. The van der Waals surface area contributed by atoms with Gasteiger partial charge in [0.1, 0.15) is 5.75 Å². The second-order valence-corrected chi connectivity index (χ2v) is 8.34. The lowest BCUT2D eigenvalue weighted by atomic mass is 9.95. The lowest BCUT2D eigenvalue weighted by Gasteiger charge is -2.31. The Kier molecular flexibility index (Phi) is 7.92. The summed E-state index contributed by atoms with van der Waals surface area (Å²) in [6.45, 7) is 3.66. The molecule has 2 aromatic carbocycles. The summed E-state index contributed by atoms with van der Waals surface area (Å²) < 4.78 is 6.36. The molecule has 1 saturated heterocycles. The monoisotopic (exact) mass is 444 g/mol. The maximum absolute atomic E-state index is 12.5. The van der Waals surface area contributed by atoms with E-state index in [1.54, 1.807) is 7.11 Å². The van der Waals surface area contributed by atoms with Crippen LogP contribution in [0.4, 0.5) is 0 Å². The molecule has 0 aliphatic carbocycles. The van der Waals surface area contributed by atoms with Crippen molar-refractivity contribution in [1.82, 2.24) is 10.2 Å². The second kappa shape index (κ2) is 10.6. The molecule has 1 heterocycles. The summed E-state index contributed by atoms with van der Waals surface area (Å²) >= 11 is 3.48. The first kappa shape index (κ1) is 20.9. The third kappa shape index (κ3) is 6.35. The van der Waals surface area contributed by atoms with Crippen LogP contribution in [-0.2, 0) is 17.8 Å². The zero-order valence-electron chi connectivity index (χ0n) is 16.5. The van der Waals surface area contributed by atoms with Crippen LogP contribution in [-0.4, -0.2) is 37.6 Å². The van der Waals surface area contributed by atoms with Crippen LogP contribution in [0.25, 0.3) is 0 Å². The zero-order valence-corrected chi connectivity index (χ0v) is 18.1. The summed E-state index contributed by atoms with van der Waals surface area (Å²) in [5.74, 6) is 1.25. The Morgan fingerprint density at radius 2 is 1.89 bits per heavy atom. The van der Waals surface area contributed by atoms with Crippen molar-refractivity contribution in [3.63, 3.8) is 0 Å². The number of rotatable bonds is 8. The van der Waals surface area contributed by atoms with E-state index in [9.17, 15) is 4.79 Å². The SMILES string of the molecule is COc1cccc(CCCNC(=O)C2CCN(Cc3ccc(Br)cc3)CC2)c1. The minimum absolute atomic E-state index is 0.151. The molecule has 150 valence electrons. The number of methoxy groups -OCH3 is 1. The lowest BCUT2D eigenvalue weighted by Crippen LogP contribution is -2.40. The third-order valence-electron chi connectivity index (χ3n) is 5.35. The van der Waals surface area contributed by atoms with Gasteiger partial charge in [0, 0.05) is 23.5 Å². The van der Waals surface area contributed by atoms with Gasteiger partial charge >= 0.3 is 0 Å². The van der Waals surface area contributed by atoms with Crippen molar-refractivity contribution in [3.05, 3.63) is 64.1 Å². The number of ether oxygens (including phenoxy) is 1. The third-order valence-corrected chi connectivity index (χ3v) is 5.88. The molecule has 0 bridgehead atoms. The smallest absolute Gasteiger partial charge is 0.223 e. The fourth-order valence-corrected chi connectivity index (χ4v) is 3.94. The van der Waals surface area contributed by atoms with Crippen molar-refractivity contribution < 1.29 is 9.53 Å². The van der Waals surface area contributed by atoms with Crippen LogP contribution in [0.2, 0.25) is 0 Å². The van der Waals surface area contributed by atoms with Crippen LogP contribution in [0, 0.1) is 5.92 Å². The van der Waals surface area contributed by atoms with Crippen molar-refractivity contribution in [2.75, 3.05) is 26.7 Å². The lowest BCUT2D eigenvalue weighted by molar-refractivity contribution is -0.126. The maximum Gasteiger partial charge on any atom is 0.223 e. The number of aryl methyl sites for hydroxylation is 1. The number of nitrogens with zero attached hydrogens (tertiary/aromatic N) is 1. The number of amides is 1. The summed E-state index contributed by atoms with van der Waals surface area (Å²) in [4.78, 5) is 14.9. The van der Waals surface area contributed by atoms with Crippen LogP contribution < -0.4 is 10.1 Å². The summed E-state index contributed by atoms with van der Waals surface area (Å²) in [6.07, 6.45) is 3.78. The Labute approximate surface area is 176 Å². The number of hydrogen-bond acceptors (Lipinski definition) is 3. The molecule has 0 saturated carbocycles. The number of nitrogens with one attached hydrogen (secondary N) is 1. The quantitative estimate of drug-likeness (QED) is 0.612. The average Bonchev–Trinajstić information content (AvgIpc) is 2.73. The van der Waals surface area contributed by atoms with Gasteiger partial charge in [-0.25, -0.2) is 0 Å². The highest BCUT2D eigenvalue weighted by Crippen LogP contribution is 2.20. The van der Waals surface area contributed by atoms with Gasteiger partial charge in [-0.3, -0.25) is 9.69 Å². The molecule has 1 fully saturated rings. The number of likely N-dealkylation sites (tertiary alicyclic amines) is 1. The molecule has 4 nitrogen and oxygen atoms in total. The predicted octanol–water partition coefficient (Wildman–Crippen LogP) is 4.42. The van der Waals surface area contributed by atoms with Gasteiger partial charge in [-0.2, -0.15) is 0 Å². The van der Waals surface area contributed by atoms with E-state index in [1.807, 2.05) is 12.1 Å². The first-order valence-electron chi connectivity index (χ1n) is 10.0. The molecule has 3 rings (SSSR count). The maximum atomic E-state index is 12.5. The topological polar surface area (TPSA) is 41.6 Å². The van der Waals surface area contributed by atoms with Crippen molar-refractivity contribution in [2.24, 2.45) is 5.92 Å². The number of piperidine rings is 1. The number of hydrogen-bond donors (Lipinski definition) is 1. The van der Waals surface area contributed by atoms with Crippen molar-refractivity contribution >= 4 is 21.8 Å². The molecule has 0 atom stereocenters. The van der Waals surface area contributed by atoms with Crippen molar-refractivity contribution in [3.8, 4) is 5.75 Å². The molecule has 5 heteroatoms. The molecular weight excluding hydrogens is 416 g/mol. The van der Waals surface area contributed by atoms with Crippen LogP contribution in [0.1, 0.15) is 30.4 Å². The predicted molar refractivity (Wildman–Crippen MR) is 116 cm³/mol. The number of halogens is 1. The first-order chi connectivity index (χ1) is 13.6. The van der Waals surface area contributed by atoms with Crippen LogP contribution in [0.15, 0.2) is 53.0 Å². The normalized spacial score (nSPS) is 15.4. The van der Waals surface area contributed by atoms with Crippen molar-refractivity contribution in [2.45, 2.75) is 32.2 Å². The highest BCUT2D eigenvalue weighted by Gasteiger charge is 2.24. The highest BCUT2D eigenvalue weighted by atomic mass is 79.9. The van der Waals surface area contributed by atoms with E-state index in [1.165, 1.54) is 11.1 Å². The molecule has 0 spiro atoms. The molecule has 1 amide bonds. The zero-order chi connectivity index (χ0) is 19.8. The Balaban J connectivity index is 1.34. The molecular formula is C23H29BrN2O2. The molecule has 28 heavy (non-hydrogen) atoms. The van der Waals surface area contributed by atoms with E-state index in [2.05, 4.69) is 62.5 Å². The van der Waals surface area contributed by atoms with Gasteiger partial charge in [-0.1, -0.05) is 40.2 Å². The first-order valence-corrected chi connectivity index (χ1v) is 10.8. The van der Waals surface area contributed by atoms with E-state index in [4.69, 9.17) is 4.74 Å². The summed E-state index contributed by atoms with van der Waals surface area (Å²) in [5.41, 5.74) is 2.57. The van der Waals surface area contributed by atoms with Crippen molar-refractivity contribution in [1.29, 1.82) is 0 Å². The van der Waals surface area contributed by atoms with E-state index in [0.29, 0.717) is 0 Å². The Morgan fingerprint density at radius 3 is 2.61 bits per heavy atom. The molecule has 2 aromatic rings. The molecule has 0 unspecified atom stereocenters. The second-order valence-electron chi connectivity index (χ2n) is 7.42. The number of carbonyl (C=O) groups excluding carboxylic acids is 1. The summed E-state index contributed by atoms with van der Waals surface area (Å²) in [6, 6.07) is 16.6. The molecule has 0 radical (unpaired) electrons. The molecule has 0 aromatic heterocycles.